The van der Waals surface area contributed by atoms with Crippen LogP contribution in [0.2, 0.25) is 19.6 Å². The summed E-state index contributed by atoms with van der Waals surface area (Å²) in [5.41, 5.74) is 0.966. The van der Waals surface area contributed by atoms with Crippen molar-refractivity contribution in [3.8, 4) is 11.5 Å². The van der Waals surface area contributed by atoms with Gasteiger partial charge < -0.3 is 5.11 Å². The maximum absolute atomic E-state index is 9.50. The van der Waals surface area contributed by atoms with E-state index in [4.69, 9.17) is 4.11 Å². The molecule has 1 unspecified atom stereocenters. The molecule has 0 saturated heterocycles. The molecule has 0 aliphatic carbocycles. The number of hydrogen-bond donors (Lipinski definition) is 1. The number of aliphatic hydroxyl groups is 1. The summed E-state index contributed by atoms with van der Waals surface area (Å²) in [5.74, 6) is 2.44. The van der Waals surface area contributed by atoms with Crippen LogP contribution >= 0.6 is 0 Å². The Bertz CT molecular complexity index is 239. The highest BCUT2D eigenvalue weighted by atomic mass is 28.3. The van der Waals surface area contributed by atoms with Crippen molar-refractivity contribution in [2.45, 2.75) is 39.0 Å². The van der Waals surface area contributed by atoms with Gasteiger partial charge in [0, 0.05) is 4.11 Å². The van der Waals surface area contributed by atoms with E-state index in [2.05, 4.69) is 11.5 Å². The molecule has 0 aromatic carbocycles. The standard InChI is InChI=1S/C8H16OSi/c1-8(2,9)6-7-10(3,4)5/h9H,1-5H3/i1D3. The van der Waals surface area contributed by atoms with Crippen molar-refractivity contribution in [3.63, 3.8) is 0 Å². The third-order valence-corrected chi connectivity index (χ3v) is 1.56. The molecule has 0 amide bonds. The van der Waals surface area contributed by atoms with Gasteiger partial charge in [-0.05, 0) is 13.8 Å². The molecule has 0 aliphatic heterocycles. The molecule has 0 saturated carbocycles. The molecule has 0 fully saturated rings. The first-order valence-electron chi connectivity index (χ1n) is 4.72. The van der Waals surface area contributed by atoms with Gasteiger partial charge in [-0.25, -0.2) is 0 Å². The zero-order valence-electron chi connectivity index (χ0n) is 9.95. The lowest BCUT2D eigenvalue weighted by Gasteiger charge is -2.09. The van der Waals surface area contributed by atoms with Crippen LogP contribution in [0.4, 0.5) is 0 Å². The molecule has 0 radical (unpaired) electrons. The molecule has 1 nitrogen and oxygen atoms in total. The van der Waals surface area contributed by atoms with E-state index in [0.717, 1.165) is 0 Å². The lowest BCUT2D eigenvalue weighted by atomic mass is 10.2. The molecule has 1 N–H and O–H groups in total. The molecule has 2 heteroatoms. The van der Waals surface area contributed by atoms with Crippen LogP contribution in [0.5, 0.6) is 0 Å². The third-order valence-electron chi connectivity index (χ3n) is 0.681. The summed E-state index contributed by atoms with van der Waals surface area (Å²) in [7, 11) is -1.62. The molecule has 1 atom stereocenters. The van der Waals surface area contributed by atoms with E-state index in [1.54, 1.807) is 0 Å². The second kappa shape index (κ2) is 2.77. The molecular weight excluding hydrogens is 140 g/mol. The Morgan fingerprint density at radius 2 is 2.00 bits per heavy atom. The van der Waals surface area contributed by atoms with Gasteiger partial charge >= 0.3 is 0 Å². The van der Waals surface area contributed by atoms with Gasteiger partial charge in [-0.2, -0.15) is 0 Å². The van der Waals surface area contributed by atoms with E-state index in [9.17, 15) is 5.11 Å². The van der Waals surface area contributed by atoms with Gasteiger partial charge in [0.1, 0.15) is 13.7 Å². The molecule has 58 valence electrons. The predicted octanol–water partition coefficient (Wildman–Crippen LogP) is 1.64. The summed E-state index contributed by atoms with van der Waals surface area (Å²) in [6.45, 7) is 4.79. The molecule has 0 aromatic heterocycles. The Morgan fingerprint density at radius 1 is 1.50 bits per heavy atom. The van der Waals surface area contributed by atoms with Gasteiger partial charge in [-0.15, -0.1) is 5.54 Å². The molecule has 0 heterocycles. The highest BCUT2D eigenvalue weighted by molar-refractivity contribution is 6.83. The minimum Gasteiger partial charge on any atom is -0.378 e. The van der Waals surface area contributed by atoms with Crippen LogP contribution in [0.1, 0.15) is 17.9 Å². The maximum Gasteiger partial charge on any atom is 0.129 e. The van der Waals surface area contributed by atoms with E-state index in [1.165, 1.54) is 6.92 Å². The third kappa shape index (κ3) is 7.74. The van der Waals surface area contributed by atoms with Crippen molar-refractivity contribution in [2.75, 3.05) is 0 Å². The van der Waals surface area contributed by atoms with Crippen LogP contribution < -0.4 is 0 Å². The Morgan fingerprint density at radius 3 is 2.30 bits per heavy atom. The van der Waals surface area contributed by atoms with Crippen LogP contribution in [-0.2, 0) is 0 Å². The minimum absolute atomic E-state index is 1.23. The van der Waals surface area contributed by atoms with Crippen molar-refractivity contribution in [3.05, 3.63) is 0 Å². The highest BCUT2D eigenvalue weighted by Gasteiger charge is 2.11. The minimum atomic E-state index is -2.43. The van der Waals surface area contributed by atoms with Crippen molar-refractivity contribution in [2.24, 2.45) is 0 Å². The van der Waals surface area contributed by atoms with E-state index in [1.807, 2.05) is 19.6 Å². The van der Waals surface area contributed by atoms with E-state index < -0.39 is 20.5 Å². The molecule has 0 rings (SSSR count). The zero-order chi connectivity index (χ0) is 10.9. The van der Waals surface area contributed by atoms with Crippen molar-refractivity contribution in [1.82, 2.24) is 0 Å². The van der Waals surface area contributed by atoms with Gasteiger partial charge in [0.15, 0.2) is 0 Å². The maximum atomic E-state index is 9.50. The van der Waals surface area contributed by atoms with Crippen molar-refractivity contribution < 1.29 is 9.22 Å². The molecule has 0 bridgehead atoms. The summed E-state index contributed by atoms with van der Waals surface area (Å²) < 4.78 is 21.1. The van der Waals surface area contributed by atoms with Gasteiger partial charge in [0.05, 0.1) is 0 Å². The van der Waals surface area contributed by atoms with Crippen molar-refractivity contribution in [1.29, 1.82) is 0 Å². The average Bonchev–Trinajstić information content (AvgIpc) is 1.79. The largest absolute Gasteiger partial charge is 0.378 e. The van der Waals surface area contributed by atoms with Crippen LogP contribution in [0, 0.1) is 11.5 Å². The summed E-state index contributed by atoms with van der Waals surface area (Å²) in [6.07, 6.45) is 0. The Hall–Kier alpha value is -0.263. The first kappa shape index (κ1) is 5.40. The topological polar surface area (TPSA) is 20.2 Å². The first-order chi connectivity index (χ1) is 5.46. The van der Waals surface area contributed by atoms with E-state index in [-0.39, 0.29) is 0 Å². The summed E-state index contributed by atoms with van der Waals surface area (Å²) in [6, 6.07) is 0. The summed E-state index contributed by atoms with van der Waals surface area (Å²) >= 11 is 0. The highest BCUT2D eigenvalue weighted by Crippen LogP contribution is 2.01. The fraction of sp³-hybridized carbons (Fsp3) is 0.750. The second-order valence-corrected chi connectivity index (χ2v) is 8.32. The zero-order valence-corrected chi connectivity index (χ0v) is 7.95. The van der Waals surface area contributed by atoms with E-state index in [0.29, 0.717) is 0 Å². The fourth-order valence-corrected chi connectivity index (χ4v) is 0.928. The molecule has 0 aliphatic rings. The van der Waals surface area contributed by atoms with Gasteiger partial charge in [0.25, 0.3) is 0 Å². The number of rotatable bonds is 0. The molecule has 0 spiro atoms. The van der Waals surface area contributed by atoms with Crippen LogP contribution in [0.3, 0.4) is 0 Å². The van der Waals surface area contributed by atoms with Gasteiger partial charge in [-0.1, -0.05) is 25.6 Å². The van der Waals surface area contributed by atoms with Crippen LogP contribution in [-0.4, -0.2) is 18.8 Å². The smallest absolute Gasteiger partial charge is 0.129 e. The molecular formula is C8H16OSi. The molecule has 10 heavy (non-hydrogen) atoms. The monoisotopic (exact) mass is 159 g/mol. The molecule has 0 aromatic rings. The second-order valence-electron chi connectivity index (χ2n) is 3.57. The van der Waals surface area contributed by atoms with Crippen molar-refractivity contribution >= 4 is 8.07 Å². The first-order valence-corrected chi connectivity index (χ1v) is 6.72. The Labute approximate surface area is 68.7 Å². The normalized spacial score (nSPS) is 22.7. The van der Waals surface area contributed by atoms with Crippen LogP contribution in [0.15, 0.2) is 0 Å². The fourth-order valence-electron chi connectivity index (χ4n) is 0.309. The lowest BCUT2D eigenvalue weighted by molar-refractivity contribution is 0.143. The quantitative estimate of drug-likeness (QED) is 0.421. The van der Waals surface area contributed by atoms with E-state index >= 15 is 0 Å². The van der Waals surface area contributed by atoms with Gasteiger partial charge in [-0.3, -0.25) is 0 Å². The summed E-state index contributed by atoms with van der Waals surface area (Å²) in [5, 5.41) is 9.50. The lowest BCUT2D eigenvalue weighted by Crippen LogP contribution is -2.21. The summed E-state index contributed by atoms with van der Waals surface area (Å²) in [4.78, 5) is 0. The Kier molecular flexibility index (Phi) is 1.50. The van der Waals surface area contributed by atoms with Crippen LogP contribution in [0.25, 0.3) is 0 Å². The average molecular weight is 159 g/mol. The van der Waals surface area contributed by atoms with Gasteiger partial charge in [0.2, 0.25) is 0 Å². The Balaban J connectivity index is 4.77. The number of hydrogen-bond acceptors (Lipinski definition) is 1. The predicted molar refractivity (Wildman–Crippen MR) is 47.4 cm³/mol. The SMILES string of the molecule is [2H]C([2H])([2H])C(C)(O)C#C[Si](C)(C)C.